The molecule has 0 atom stereocenters. The van der Waals surface area contributed by atoms with Gasteiger partial charge in [-0.3, -0.25) is 4.79 Å². The molecule has 5 heteroatoms. The van der Waals surface area contributed by atoms with Crippen molar-refractivity contribution in [2.45, 2.75) is 51.3 Å². The Bertz CT molecular complexity index is 423. The molecule has 1 aromatic rings. The van der Waals surface area contributed by atoms with Crippen LogP contribution in [0, 0.1) is 0 Å². The van der Waals surface area contributed by atoms with E-state index < -0.39 is 0 Å². The fraction of sp³-hybridized carbons (Fsp3) is 0.615. The van der Waals surface area contributed by atoms with Gasteiger partial charge in [0.15, 0.2) is 0 Å². The van der Waals surface area contributed by atoms with Gasteiger partial charge in [-0.1, -0.05) is 11.6 Å². The fourth-order valence-corrected chi connectivity index (χ4v) is 2.63. The number of nitrogens with one attached hydrogen (secondary N) is 1. The van der Waals surface area contributed by atoms with E-state index in [1.54, 1.807) is 12.3 Å². The summed E-state index contributed by atoms with van der Waals surface area (Å²) in [4.78, 5) is 12.1. The summed E-state index contributed by atoms with van der Waals surface area (Å²) >= 11 is 5.92. The van der Waals surface area contributed by atoms with Crippen LogP contribution in [0.25, 0.3) is 0 Å². The van der Waals surface area contributed by atoms with Gasteiger partial charge in [0.2, 0.25) is 0 Å². The highest BCUT2D eigenvalue weighted by molar-refractivity contribution is 6.31. The average Bonchev–Trinajstić information content (AvgIpc) is 2.73. The number of rotatable bonds is 3. The molecule has 0 aromatic carbocycles. The largest absolute Gasteiger partial charge is 0.393 e. The van der Waals surface area contributed by atoms with Crippen LogP contribution in [0.5, 0.6) is 0 Å². The molecule has 18 heavy (non-hydrogen) atoms. The Morgan fingerprint density at radius 3 is 2.78 bits per heavy atom. The molecule has 1 heterocycles. The molecule has 2 rings (SSSR count). The number of amides is 1. The summed E-state index contributed by atoms with van der Waals surface area (Å²) < 4.78 is 1.84. The monoisotopic (exact) mass is 270 g/mol. The van der Waals surface area contributed by atoms with Crippen LogP contribution in [0.1, 0.15) is 43.1 Å². The second-order valence-electron chi connectivity index (χ2n) is 4.81. The van der Waals surface area contributed by atoms with Crippen molar-refractivity contribution >= 4 is 17.5 Å². The normalized spacial score (nSPS) is 23.9. The minimum atomic E-state index is -0.202. The zero-order valence-electron chi connectivity index (χ0n) is 10.5. The van der Waals surface area contributed by atoms with E-state index in [1.807, 2.05) is 11.5 Å². The number of carbonyl (C=O) groups excluding carboxylic acids is 1. The molecule has 1 saturated carbocycles. The first-order valence-electron chi connectivity index (χ1n) is 6.44. The highest BCUT2D eigenvalue weighted by atomic mass is 35.5. The van der Waals surface area contributed by atoms with Crippen LogP contribution in [0.2, 0.25) is 5.02 Å². The maximum absolute atomic E-state index is 12.1. The number of halogens is 1. The van der Waals surface area contributed by atoms with E-state index in [4.69, 9.17) is 11.6 Å². The van der Waals surface area contributed by atoms with E-state index in [-0.39, 0.29) is 18.1 Å². The molecule has 2 N–H and O–H groups in total. The minimum Gasteiger partial charge on any atom is -0.393 e. The lowest BCUT2D eigenvalue weighted by atomic mass is 9.93. The number of aryl methyl sites for hydroxylation is 1. The first kappa shape index (κ1) is 13.4. The maximum atomic E-state index is 12.1. The van der Waals surface area contributed by atoms with Gasteiger partial charge in [0.25, 0.3) is 5.91 Å². The number of aliphatic hydroxyl groups excluding tert-OH is 1. The van der Waals surface area contributed by atoms with Gasteiger partial charge < -0.3 is 15.0 Å². The minimum absolute atomic E-state index is 0.0786. The second-order valence-corrected chi connectivity index (χ2v) is 5.24. The third kappa shape index (κ3) is 3.06. The standard InChI is InChI=1S/C13H19ClN2O2/c1-2-16-8-9(14)7-12(16)13(18)15-10-3-5-11(17)6-4-10/h7-8,10-11,17H,2-6H2,1H3,(H,15,18). The SMILES string of the molecule is CCn1cc(Cl)cc1C(=O)NC1CCC(O)CC1. The van der Waals surface area contributed by atoms with Crippen molar-refractivity contribution in [2.24, 2.45) is 0 Å². The van der Waals surface area contributed by atoms with Crippen LogP contribution in [0.15, 0.2) is 12.3 Å². The van der Waals surface area contributed by atoms with Crippen molar-refractivity contribution in [3.05, 3.63) is 23.0 Å². The van der Waals surface area contributed by atoms with Gasteiger partial charge in [-0.2, -0.15) is 0 Å². The van der Waals surface area contributed by atoms with Crippen molar-refractivity contribution in [2.75, 3.05) is 0 Å². The first-order chi connectivity index (χ1) is 8.60. The lowest BCUT2D eigenvalue weighted by Crippen LogP contribution is -2.39. The number of nitrogens with zero attached hydrogens (tertiary/aromatic N) is 1. The van der Waals surface area contributed by atoms with Crippen molar-refractivity contribution in [3.8, 4) is 0 Å². The smallest absolute Gasteiger partial charge is 0.268 e. The lowest BCUT2D eigenvalue weighted by Gasteiger charge is -2.26. The Labute approximate surface area is 112 Å². The Morgan fingerprint density at radius 1 is 1.50 bits per heavy atom. The third-order valence-electron chi connectivity index (χ3n) is 3.47. The topological polar surface area (TPSA) is 54.3 Å². The molecule has 1 fully saturated rings. The summed E-state index contributed by atoms with van der Waals surface area (Å²) in [5, 5.41) is 13.0. The maximum Gasteiger partial charge on any atom is 0.268 e. The molecular formula is C13H19ClN2O2. The first-order valence-corrected chi connectivity index (χ1v) is 6.82. The number of aromatic nitrogens is 1. The molecule has 0 aliphatic heterocycles. The van der Waals surface area contributed by atoms with Gasteiger partial charge in [0.05, 0.1) is 11.1 Å². The average molecular weight is 271 g/mol. The van der Waals surface area contributed by atoms with Gasteiger partial charge in [-0.05, 0) is 38.7 Å². The van der Waals surface area contributed by atoms with Crippen LogP contribution in [-0.4, -0.2) is 27.7 Å². The summed E-state index contributed by atoms with van der Waals surface area (Å²) in [6.45, 7) is 2.70. The van der Waals surface area contributed by atoms with Crippen LogP contribution >= 0.6 is 11.6 Å². The van der Waals surface area contributed by atoms with Gasteiger partial charge >= 0.3 is 0 Å². The number of hydrogen-bond donors (Lipinski definition) is 2. The van der Waals surface area contributed by atoms with E-state index in [0.717, 1.165) is 32.2 Å². The molecule has 0 spiro atoms. The Morgan fingerprint density at radius 2 is 2.17 bits per heavy atom. The van der Waals surface area contributed by atoms with E-state index >= 15 is 0 Å². The van der Waals surface area contributed by atoms with Crippen LogP contribution in [0.4, 0.5) is 0 Å². The number of aliphatic hydroxyl groups is 1. The molecule has 0 unspecified atom stereocenters. The zero-order chi connectivity index (χ0) is 13.1. The van der Waals surface area contributed by atoms with Crippen LogP contribution in [0.3, 0.4) is 0 Å². The van der Waals surface area contributed by atoms with Crippen LogP contribution < -0.4 is 5.32 Å². The molecule has 4 nitrogen and oxygen atoms in total. The lowest BCUT2D eigenvalue weighted by molar-refractivity contribution is 0.0859. The molecule has 100 valence electrons. The van der Waals surface area contributed by atoms with E-state index in [9.17, 15) is 9.90 Å². The van der Waals surface area contributed by atoms with Crippen molar-refractivity contribution < 1.29 is 9.90 Å². The predicted molar refractivity (Wildman–Crippen MR) is 70.8 cm³/mol. The predicted octanol–water partition coefficient (Wildman–Crippen LogP) is 2.19. The summed E-state index contributed by atoms with van der Waals surface area (Å²) in [7, 11) is 0. The van der Waals surface area contributed by atoms with E-state index in [1.165, 1.54) is 0 Å². The molecule has 0 saturated heterocycles. The molecule has 0 bridgehead atoms. The molecule has 0 radical (unpaired) electrons. The van der Waals surface area contributed by atoms with Gasteiger partial charge in [0, 0.05) is 18.8 Å². The Hall–Kier alpha value is -1.00. The molecular weight excluding hydrogens is 252 g/mol. The number of hydrogen-bond acceptors (Lipinski definition) is 2. The summed E-state index contributed by atoms with van der Waals surface area (Å²) in [6.07, 6.45) is 4.77. The zero-order valence-corrected chi connectivity index (χ0v) is 11.3. The van der Waals surface area contributed by atoms with Crippen molar-refractivity contribution in [1.82, 2.24) is 9.88 Å². The van der Waals surface area contributed by atoms with Gasteiger partial charge in [-0.25, -0.2) is 0 Å². The summed E-state index contributed by atoms with van der Waals surface area (Å²) in [6, 6.07) is 1.86. The van der Waals surface area contributed by atoms with Crippen LogP contribution in [-0.2, 0) is 6.54 Å². The summed E-state index contributed by atoms with van der Waals surface area (Å²) in [5.74, 6) is -0.0786. The fourth-order valence-electron chi connectivity index (χ4n) is 2.41. The van der Waals surface area contributed by atoms with E-state index in [2.05, 4.69) is 5.32 Å². The Balaban J connectivity index is 1.99. The van der Waals surface area contributed by atoms with Crippen molar-refractivity contribution in [1.29, 1.82) is 0 Å². The molecule has 1 amide bonds. The number of carbonyl (C=O) groups is 1. The second kappa shape index (κ2) is 5.76. The van der Waals surface area contributed by atoms with Gasteiger partial charge in [-0.15, -0.1) is 0 Å². The molecule has 1 aromatic heterocycles. The third-order valence-corrected chi connectivity index (χ3v) is 3.68. The van der Waals surface area contributed by atoms with E-state index in [0.29, 0.717) is 10.7 Å². The highest BCUT2D eigenvalue weighted by Gasteiger charge is 2.22. The quantitative estimate of drug-likeness (QED) is 0.885. The molecule has 1 aliphatic rings. The van der Waals surface area contributed by atoms with Crippen molar-refractivity contribution in [3.63, 3.8) is 0 Å². The Kier molecular flexibility index (Phi) is 4.30. The molecule has 1 aliphatic carbocycles. The van der Waals surface area contributed by atoms with Gasteiger partial charge in [0.1, 0.15) is 5.69 Å². The highest BCUT2D eigenvalue weighted by Crippen LogP contribution is 2.19. The summed E-state index contributed by atoms with van der Waals surface area (Å²) in [5.41, 5.74) is 0.605.